The summed E-state index contributed by atoms with van der Waals surface area (Å²) in [5, 5.41) is 2.56. The first-order valence-electron chi connectivity index (χ1n) is 8.61. The molecular weight excluding hydrogens is 376 g/mol. The van der Waals surface area contributed by atoms with Crippen molar-refractivity contribution in [3.05, 3.63) is 18.2 Å². The number of esters is 1. The summed E-state index contributed by atoms with van der Waals surface area (Å²) in [5.41, 5.74) is 0.528. The van der Waals surface area contributed by atoms with E-state index in [0.29, 0.717) is 25.1 Å². The zero-order valence-electron chi connectivity index (χ0n) is 14.7. The summed E-state index contributed by atoms with van der Waals surface area (Å²) in [4.78, 5) is 24.7. The van der Waals surface area contributed by atoms with Crippen LogP contribution in [0.5, 0.6) is 0 Å². The zero-order chi connectivity index (χ0) is 18.9. The van der Waals surface area contributed by atoms with Gasteiger partial charge < -0.3 is 10.1 Å². The summed E-state index contributed by atoms with van der Waals surface area (Å²) in [7, 11) is -3.67. The number of rotatable bonds is 4. The summed E-state index contributed by atoms with van der Waals surface area (Å²) < 4.78 is 32.2. The van der Waals surface area contributed by atoms with Crippen molar-refractivity contribution in [2.45, 2.75) is 41.7 Å². The largest absolute Gasteiger partial charge is 0.466 e. The number of hydrogen-bond acceptors (Lipinski definition) is 6. The number of fused-ring (bicyclic) bond motifs is 1. The third-order valence-corrected chi connectivity index (χ3v) is 7.67. The summed E-state index contributed by atoms with van der Waals surface area (Å²) >= 11 is 1.41. The molecule has 1 amide bonds. The van der Waals surface area contributed by atoms with Gasteiger partial charge in [0.15, 0.2) is 0 Å². The summed E-state index contributed by atoms with van der Waals surface area (Å²) in [6.07, 6.45) is 0.903. The van der Waals surface area contributed by atoms with Gasteiger partial charge in [-0.15, -0.1) is 11.8 Å². The van der Waals surface area contributed by atoms with Crippen molar-refractivity contribution in [2.75, 3.05) is 25.0 Å². The predicted molar refractivity (Wildman–Crippen MR) is 98.5 cm³/mol. The normalized spacial score (nSPS) is 21.8. The van der Waals surface area contributed by atoms with Gasteiger partial charge in [-0.3, -0.25) is 9.59 Å². The van der Waals surface area contributed by atoms with E-state index < -0.39 is 10.0 Å². The number of piperidine rings is 1. The summed E-state index contributed by atoms with van der Waals surface area (Å²) in [6, 6.07) is 4.82. The second-order valence-corrected chi connectivity index (χ2v) is 9.66. The van der Waals surface area contributed by atoms with Crippen LogP contribution in [-0.2, 0) is 24.3 Å². The molecule has 0 bridgehead atoms. The molecule has 0 aliphatic carbocycles. The maximum atomic E-state index is 12.9. The van der Waals surface area contributed by atoms with Gasteiger partial charge in [0.1, 0.15) is 0 Å². The van der Waals surface area contributed by atoms with E-state index in [4.69, 9.17) is 4.74 Å². The van der Waals surface area contributed by atoms with Crippen molar-refractivity contribution >= 4 is 39.3 Å². The number of amides is 1. The molecule has 1 aromatic rings. The van der Waals surface area contributed by atoms with Crippen LogP contribution in [0, 0.1) is 5.92 Å². The van der Waals surface area contributed by atoms with E-state index in [9.17, 15) is 18.0 Å². The monoisotopic (exact) mass is 398 g/mol. The van der Waals surface area contributed by atoms with Crippen molar-refractivity contribution in [3.8, 4) is 0 Å². The number of thioether (sulfide) groups is 1. The first kappa shape index (κ1) is 19.2. The van der Waals surface area contributed by atoms with Gasteiger partial charge >= 0.3 is 5.97 Å². The minimum atomic E-state index is -3.67. The molecule has 7 nitrogen and oxygen atoms in total. The highest BCUT2D eigenvalue weighted by Crippen LogP contribution is 2.37. The highest BCUT2D eigenvalue weighted by Gasteiger charge is 2.33. The van der Waals surface area contributed by atoms with E-state index in [1.54, 1.807) is 26.0 Å². The zero-order valence-corrected chi connectivity index (χ0v) is 16.4. The summed E-state index contributed by atoms with van der Waals surface area (Å²) in [6.45, 7) is 4.45. The Morgan fingerprint density at radius 3 is 2.69 bits per heavy atom. The average Bonchev–Trinajstić information content (AvgIpc) is 2.62. The van der Waals surface area contributed by atoms with E-state index in [2.05, 4.69) is 5.32 Å². The molecule has 2 heterocycles. The van der Waals surface area contributed by atoms with Crippen LogP contribution < -0.4 is 5.32 Å². The number of carbonyl (C=O) groups excluding carboxylic acids is 2. The number of sulfonamides is 1. The molecule has 1 fully saturated rings. The van der Waals surface area contributed by atoms with Crippen LogP contribution in [0.25, 0.3) is 0 Å². The minimum Gasteiger partial charge on any atom is -0.466 e. The maximum absolute atomic E-state index is 12.9. The predicted octanol–water partition coefficient (Wildman–Crippen LogP) is 2.08. The molecule has 1 atom stereocenters. The third kappa shape index (κ3) is 3.74. The average molecular weight is 399 g/mol. The third-order valence-electron chi connectivity index (χ3n) is 4.59. The van der Waals surface area contributed by atoms with Crippen molar-refractivity contribution in [1.82, 2.24) is 4.31 Å². The fourth-order valence-electron chi connectivity index (χ4n) is 3.09. The van der Waals surface area contributed by atoms with Crippen molar-refractivity contribution in [3.63, 3.8) is 0 Å². The van der Waals surface area contributed by atoms with E-state index in [-0.39, 0.29) is 41.0 Å². The number of nitrogens with zero attached hydrogens (tertiary/aromatic N) is 1. The molecule has 26 heavy (non-hydrogen) atoms. The molecule has 0 unspecified atom stereocenters. The van der Waals surface area contributed by atoms with Crippen LogP contribution in [-0.4, -0.2) is 49.5 Å². The standard InChI is InChI=1S/C17H22N2O5S2/c1-3-24-17(21)12-6-8-19(9-7-12)26(22,23)13-4-5-15-14(10-13)18-16(20)11(2)25-15/h4-5,10-12H,3,6-9H2,1-2H3,(H,18,20)/t11-/m0/s1. The number of nitrogens with one attached hydrogen (secondary N) is 1. The van der Waals surface area contributed by atoms with Crippen molar-refractivity contribution in [1.29, 1.82) is 0 Å². The number of ether oxygens (including phenoxy) is 1. The molecule has 0 radical (unpaired) electrons. The lowest BCUT2D eigenvalue weighted by Gasteiger charge is -2.30. The molecule has 0 saturated carbocycles. The van der Waals surface area contributed by atoms with Gasteiger partial charge in [0.25, 0.3) is 0 Å². The van der Waals surface area contributed by atoms with Gasteiger partial charge in [-0.2, -0.15) is 4.31 Å². The van der Waals surface area contributed by atoms with E-state index in [0.717, 1.165) is 4.90 Å². The van der Waals surface area contributed by atoms with E-state index >= 15 is 0 Å². The van der Waals surface area contributed by atoms with Gasteiger partial charge in [0, 0.05) is 18.0 Å². The Labute approximate surface area is 157 Å². The fourth-order valence-corrected chi connectivity index (χ4v) is 5.52. The molecular formula is C17H22N2O5S2. The van der Waals surface area contributed by atoms with Gasteiger partial charge in [-0.05, 0) is 44.9 Å². The molecule has 2 aliphatic rings. The number of hydrogen-bond donors (Lipinski definition) is 1. The number of benzene rings is 1. The Morgan fingerprint density at radius 1 is 1.35 bits per heavy atom. The molecule has 1 saturated heterocycles. The molecule has 3 rings (SSSR count). The Hall–Kier alpha value is -1.58. The minimum absolute atomic E-state index is 0.132. The first-order valence-corrected chi connectivity index (χ1v) is 10.9. The van der Waals surface area contributed by atoms with Gasteiger partial charge in [0.05, 0.1) is 28.4 Å². The van der Waals surface area contributed by atoms with Gasteiger partial charge in [0.2, 0.25) is 15.9 Å². The highest BCUT2D eigenvalue weighted by molar-refractivity contribution is 8.01. The Morgan fingerprint density at radius 2 is 2.04 bits per heavy atom. The smallest absolute Gasteiger partial charge is 0.309 e. The molecule has 9 heteroatoms. The molecule has 0 aromatic heterocycles. The quantitative estimate of drug-likeness (QED) is 0.781. The van der Waals surface area contributed by atoms with Crippen LogP contribution in [0.1, 0.15) is 26.7 Å². The molecule has 142 valence electrons. The van der Waals surface area contributed by atoms with Crippen molar-refractivity contribution < 1.29 is 22.7 Å². The van der Waals surface area contributed by atoms with E-state index in [1.807, 2.05) is 0 Å². The lowest BCUT2D eigenvalue weighted by Crippen LogP contribution is -2.40. The van der Waals surface area contributed by atoms with Crippen LogP contribution in [0.3, 0.4) is 0 Å². The Kier molecular flexibility index (Phi) is 5.59. The van der Waals surface area contributed by atoms with Gasteiger partial charge in [-0.1, -0.05) is 0 Å². The molecule has 0 spiro atoms. The van der Waals surface area contributed by atoms with Crippen LogP contribution in [0.2, 0.25) is 0 Å². The topological polar surface area (TPSA) is 92.8 Å². The van der Waals surface area contributed by atoms with Crippen molar-refractivity contribution in [2.24, 2.45) is 5.92 Å². The SMILES string of the molecule is CCOC(=O)C1CCN(S(=O)(=O)c2ccc3c(c2)NC(=O)[C@H](C)S3)CC1. The second kappa shape index (κ2) is 7.58. The fraction of sp³-hybridized carbons (Fsp3) is 0.529. The highest BCUT2D eigenvalue weighted by atomic mass is 32.2. The second-order valence-electron chi connectivity index (χ2n) is 6.34. The Balaban J connectivity index is 1.74. The molecule has 1 aromatic carbocycles. The van der Waals surface area contributed by atoms with E-state index in [1.165, 1.54) is 22.1 Å². The van der Waals surface area contributed by atoms with Gasteiger partial charge in [-0.25, -0.2) is 8.42 Å². The molecule has 2 aliphatic heterocycles. The number of carbonyl (C=O) groups is 2. The first-order chi connectivity index (χ1) is 12.3. The van der Waals surface area contributed by atoms with Crippen LogP contribution in [0.4, 0.5) is 5.69 Å². The maximum Gasteiger partial charge on any atom is 0.309 e. The van der Waals surface area contributed by atoms with Crippen LogP contribution in [0.15, 0.2) is 28.0 Å². The molecule has 1 N–H and O–H groups in total. The number of anilines is 1. The van der Waals surface area contributed by atoms with Crippen LogP contribution >= 0.6 is 11.8 Å². The lowest BCUT2D eigenvalue weighted by atomic mass is 9.98. The lowest BCUT2D eigenvalue weighted by molar-refractivity contribution is -0.149. The Bertz CT molecular complexity index is 816. The summed E-state index contributed by atoms with van der Waals surface area (Å²) in [5.74, 6) is -0.637.